The van der Waals surface area contributed by atoms with Gasteiger partial charge < -0.3 is 20.1 Å². The molecule has 2 unspecified atom stereocenters. The maximum atomic E-state index is 12.7. The highest BCUT2D eigenvalue weighted by atomic mass is 31.2. The highest BCUT2D eigenvalue weighted by Gasteiger charge is 2.25. The van der Waals surface area contributed by atoms with Crippen LogP contribution >= 0.6 is 7.82 Å². The Kier molecular flexibility index (Phi) is 50.1. The van der Waals surface area contributed by atoms with Crippen molar-refractivity contribution < 1.29 is 32.8 Å². The minimum absolute atomic E-state index is 0.0896. The summed E-state index contributed by atoms with van der Waals surface area (Å²) in [4.78, 5) is 22.6. The van der Waals surface area contributed by atoms with E-state index in [-0.39, 0.29) is 32.3 Å². The number of rotatable bonds is 53. The van der Waals surface area contributed by atoms with Gasteiger partial charge in [-0.25, -0.2) is 4.57 Å². The summed E-state index contributed by atoms with van der Waals surface area (Å²) in [6.07, 6.45) is 55.7. The molecule has 0 bridgehead atoms. The van der Waals surface area contributed by atoms with Crippen molar-refractivity contribution in [3.63, 3.8) is 0 Å². The quantitative estimate of drug-likeness (QED) is 0.0352. The van der Waals surface area contributed by atoms with E-state index in [1.807, 2.05) is 0 Å². The van der Waals surface area contributed by atoms with E-state index >= 15 is 0 Å². The number of carbonyl (C=O) groups excluding carboxylic acids is 1. The fourth-order valence-corrected chi connectivity index (χ4v) is 9.06. The summed E-state index contributed by atoms with van der Waals surface area (Å²) < 4.78 is 33.6. The van der Waals surface area contributed by atoms with Crippen LogP contribution < -0.4 is 5.73 Å². The summed E-state index contributed by atoms with van der Waals surface area (Å²) in [6.45, 7) is 5.02. The number of unbranched alkanes of at least 4 members (excludes halogenated alkanes) is 40. The average molecular weight is 888 g/mol. The van der Waals surface area contributed by atoms with Crippen LogP contribution in [0.1, 0.15) is 290 Å². The number of nitrogens with two attached hydrogens (primary N) is 1. The third-order valence-corrected chi connectivity index (χ3v) is 13.3. The fraction of sp³-hybridized carbons (Fsp3) is 0.981. The normalized spacial score (nSPS) is 13.2. The summed E-state index contributed by atoms with van der Waals surface area (Å²) >= 11 is 0. The smallest absolute Gasteiger partial charge is 0.457 e. The van der Waals surface area contributed by atoms with Crippen LogP contribution in [0, 0.1) is 0 Å². The highest BCUT2D eigenvalue weighted by Crippen LogP contribution is 2.43. The van der Waals surface area contributed by atoms with Gasteiger partial charge in [0.15, 0.2) is 0 Å². The lowest BCUT2D eigenvalue weighted by Gasteiger charge is -2.20. The van der Waals surface area contributed by atoms with Gasteiger partial charge in [-0.1, -0.05) is 271 Å². The standard InChI is InChI=1S/C52H106NO7P/c1-3-5-7-9-11-13-15-17-19-21-23-25-26-27-29-31-33-35-37-39-41-43-45-52(54)60-51(50-59-61(55,56)58-48-46-53)49-57-47-44-42-40-38-36-34-32-30-28-24-22-20-18-16-14-12-10-8-6-4-2/h51H,3-50,53H2,1-2H3,(H,55,56). The van der Waals surface area contributed by atoms with Crippen molar-refractivity contribution >= 4 is 13.8 Å². The van der Waals surface area contributed by atoms with Crippen molar-refractivity contribution in [1.82, 2.24) is 0 Å². The molecule has 0 rings (SSSR count). The second kappa shape index (κ2) is 50.5. The molecule has 0 amide bonds. The van der Waals surface area contributed by atoms with Gasteiger partial charge in [-0.3, -0.25) is 13.8 Å². The number of esters is 1. The predicted octanol–water partition coefficient (Wildman–Crippen LogP) is 16.8. The van der Waals surface area contributed by atoms with Gasteiger partial charge in [0, 0.05) is 19.6 Å². The zero-order chi connectivity index (χ0) is 44.4. The monoisotopic (exact) mass is 888 g/mol. The van der Waals surface area contributed by atoms with Gasteiger partial charge in [-0.05, 0) is 12.8 Å². The molecular formula is C52H106NO7P. The van der Waals surface area contributed by atoms with Crippen LogP contribution in [0.25, 0.3) is 0 Å². The molecule has 9 heteroatoms. The van der Waals surface area contributed by atoms with Gasteiger partial charge in [0.25, 0.3) is 0 Å². The van der Waals surface area contributed by atoms with Gasteiger partial charge in [-0.2, -0.15) is 0 Å². The lowest BCUT2D eigenvalue weighted by atomic mass is 10.0. The topological polar surface area (TPSA) is 117 Å². The fourth-order valence-electron chi connectivity index (χ4n) is 8.30. The number of ether oxygens (including phenoxy) is 2. The molecule has 0 saturated carbocycles. The van der Waals surface area contributed by atoms with Crippen molar-refractivity contribution in [2.45, 2.75) is 296 Å². The summed E-state index contributed by atoms with van der Waals surface area (Å²) in [5.74, 6) is -0.320. The second-order valence-electron chi connectivity index (χ2n) is 18.5. The van der Waals surface area contributed by atoms with Gasteiger partial charge in [0.05, 0.1) is 19.8 Å². The van der Waals surface area contributed by atoms with Crippen LogP contribution in [0.15, 0.2) is 0 Å². The molecule has 0 aromatic heterocycles. The van der Waals surface area contributed by atoms with E-state index < -0.39 is 13.9 Å². The molecule has 3 N–H and O–H groups in total. The molecule has 366 valence electrons. The third-order valence-electron chi connectivity index (χ3n) is 12.3. The zero-order valence-corrected chi connectivity index (χ0v) is 41.8. The van der Waals surface area contributed by atoms with Gasteiger partial charge in [0.1, 0.15) is 6.10 Å². The molecule has 2 atom stereocenters. The number of hydrogen-bond donors (Lipinski definition) is 2. The summed E-state index contributed by atoms with van der Waals surface area (Å²) in [5.41, 5.74) is 5.40. The first kappa shape index (κ1) is 60.5. The maximum Gasteiger partial charge on any atom is 0.472 e. The number of phosphoric ester groups is 1. The molecule has 0 fully saturated rings. The third kappa shape index (κ3) is 50.4. The Morgan fingerprint density at radius 3 is 1.03 bits per heavy atom. The Labute approximate surface area is 380 Å². The highest BCUT2D eigenvalue weighted by molar-refractivity contribution is 7.47. The van der Waals surface area contributed by atoms with E-state index in [0.29, 0.717) is 13.0 Å². The van der Waals surface area contributed by atoms with E-state index in [1.165, 1.54) is 238 Å². The SMILES string of the molecule is CCCCCCCCCCCCCCCCCCCCCCCCC(=O)OC(COCCCCCCCCCCCCCCCCCCCCCC)COP(=O)(O)OCCN. The van der Waals surface area contributed by atoms with E-state index in [2.05, 4.69) is 13.8 Å². The summed E-state index contributed by atoms with van der Waals surface area (Å²) in [5, 5.41) is 0. The first-order valence-corrected chi connectivity index (χ1v) is 28.5. The van der Waals surface area contributed by atoms with Crippen molar-refractivity contribution in [2.75, 3.05) is 33.0 Å². The first-order valence-electron chi connectivity index (χ1n) is 27.0. The molecule has 0 aliphatic carbocycles. The maximum absolute atomic E-state index is 12.7. The summed E-state index contributed by atoms with van der Waals surface area (Å²) in [6, 6.07) is 0. The second-order valence-corrected chi connectivity index (χ2v) is 19.9. The predicted molar refractivity (Wildman–Crippen MR) is 261 cm³/mol. The van der Waals surface area contributed by atoms with Crippen molar-refractivity contribution in [2.24, 2.45) is 5.73 Å². The minimum Gasteiger partial charge on any atom is -0.457 e. The summed E-state index contributed by atoms with van der Waals surface area (Å²) in [7, 11) is -4.28. The van der Waals surface area contributed by atoms with E-state index in [4.69, 9.17) is 24.3 Å². The van der Waals surface area contributed by atoms with Crippen LogP contribution in [0.2, 0.25) is 0 Å². The van der Waals surface area contributed by atoms with E-state index in [9.17, 15) is 14.3 Å². The lowest BCUT2D eigenvalue weighted by molar-refractivity contribution is -0.154. The van der Waals surface area contributed by atoms with Gasteiger partial charge in [-0.15, -0.1) is 0 Å². The van der Waals surface area contributed by atoms with Crippen molar-refractivity contribution in [3.05, 3.63) is 0 Å². The van der Waals surface area contributed by atoms with Crippen LogP contribution in [-0.2, 0) is 27.9 Å². The molecular weight excluding hydrogens is 782 g/mol. The molecule has 0 heterocycles. The Hall–Kier alpha value is -0.500. The molecule has 0 spiro atoms. The Bertz CT molecular complexity index is 909. The average Bonchev–Trinajstić information content (AvgIpc) is 3.25. The lowest BCUT2D eigenvalue weighted by Crippen LogP contribution is -2.28. The number of phosphoric acid groups is 1. The molecule has 0 saturated heterocycles. The first-order chi connectivity index (χ1) is 29.9. The van der Waals surface area contributed by atoms with Gasteiger partial charge in [0.2, 0.25) is 0 Å². The number of hydrogen-bond acceptors (Lipinski definition) is 7. The molecule has 0 aliphatic heterocycles. The van der Waals surface area contributed by atoms with Crippen molar-refractivity contribution in [3.8, 4) is 0 Å². The van der Waals surface area contributed by atoms with Crippen LogP contribution in [0.4, 0.5) is 0 Å². The van der Waals surface area contributed by atoms with E-state index in [0.717, 1.165) is 32.1 Å². The minimum atomic E-state index is -4.28. The van der Waals surface area contributed by atoms with Gasteiger partial charge >= 0.3 is 13.8 Å². The van der Waals surface area contributed by atoms with Crippen LogP contribution in [0.5, 0.6) is 0 Å². The Morgan fingerprint density at radius 1 is 0.426 bits per heavy atom. The molecule has 0 aromatic rings. The molecule has 8 nitrogen and oxygen atoms in total. The molecule has 61 heavy (non-hydrogen) atoms. The largest absolute Gasteiger partial charge is 0.472 e. The molecule has 0 aromatic carbocycles. The van der Waals surface area contributed by atoms with E-state index in [1.54, 1.807) is 0 Å². The zero-order valence-electron chi connectivity index (χ0n) is 40.9. The van der Waals surface area contributed by atoms with Crippen LogP contribution in [0.3, 0.4) is 0 Å². The molecule has 0 aliphatic rings. The Balaban J connectivity index is 3.85. The molecule has 0 radical (unpaired) electrons. The van der Waals surface area contributed by atoms with Crippen molar-refractivity contribution in [1.29, 1.82) is 0 Å². The van der Waals surface area contributed by atoms with Crippen LogP contribution in [-0.4, -0.2) is 49.9 Å². The number of carbonyl (C=O) groups is 1. The Morgan fingerprint density at radius 2 is 0.721 bits per heavy atom.